The SMILES string of the molecule is C=CCN1CC[C@]23c4c5ccc(CO)c4OC2C(N(C)C(=O)CCc2ccc(C(F)(F)F)cc2)CC[C@@]3(CO)[C@H]1C5. The van der Waals surface area contributed by atoms with Crippen molar-refractivity contribution in [1.29, 1.82) is 0 Å². The normalized spacial score (nSPS) is 30.0. The Morgan fingerprint density at radius 2 is 1.95 bits per heavy atom. The summed E-state index contributed by atoms with van der Waals surface area (Å²) in [5.74, 6) is 0.613. The van der Waals surface area contributed by atoms with Crippen molar-refractivity contribution in [2.24, 2.45) is 5.41 Å². The molecule has 1 amide bonds. The number of aryl methyl sites for hydroxylation is 1. The lowest BCUT2D eigenvalue weighted by Gasteiger charge is -2.66. The number of amides is 1. The van der Waals surface area contributed by atoms with Gasteiger partial charge < -0.3 is 19.8 Å². The summed E-state index contributed by atoms with van der Waals surface area (Å²) in [5.41, 5.74) is 2.03. The molecule has 41 heavy (non-hydrogen) atoms. The van der Waals surface area contributed by atoms with Crippen molar-refractivity contribution in [1.82, 2.24) is 9.80 Å². The second-order valence-corrected chi connectivity index (χ2v) is 12.1. The second-order valence-electron chi connectivity index (χ2n) is 12.1. The van der Waals surface area contributed by atoms with Gasteiger partial charge in [0.25, 0.3) is 0 Å². The molecule has 2 heterocycles. The standard InChI is InChI=1S/C32H37F3N2O4/c1-3-15-37-16-14-31-27-21-7-8-22(18-38)28(27)41-29(31)24(12-13-30(31,19-39)25(37)17-21)36(2)26(40)11-6-20-4-9-23(10-5-20)32(33,34)35/h3-5,7-10,24-25,29,38-39H,1,6,11-19H2,2H3/t24?,25-,29?,30-,31+/m1/s1. The van der Waals surface area contributed by atoms with Gasteiger partial charge in [0, 0.05) is 48.0 Å². The monoisotopic (exact) mass is 570 g/mol. The molecule has 2 aliphatic carbocycles. The van der Waals surface area contributed by atoms with Gasteiger partial charge in [-0.2, -0.15) is 13.2 Å². The van der Waals surface area contributed by atoms with Crippen molar-refractivity contribution >= 4 is 5.91 Å². The van der Waals surface area contributed by atoms with Crippen molar-refractivity contribution in [2.45, 2.75) is 74.9 Å². The topological polar surface area (TPSA) is 73.2 Å². The number of halogens is 3. The molecule has 1 saturated carbocycles. The van der Waals surface area contributed by atoms with Gasteiger partial charge in [0.15, 0.2) is 0 Å². The molecule has 220 valence electrons. The fraction of sp³-hybridized carbons (Fsp3) is 0.531. The van der Waals surface area contributed by atoms with Crippen LogP contribution in [-0.4, -0.2) is 70.9 Å². The highest BCUT2D eigenvalue weighted by Crippen LogP contribution is 2.68. The van der Waals surface area contributed by atoms with E-state index in [0.29, 0.717) is 24.2 Å². The Labute approximate surface area is 238 Å². The van der Waals surface area contributed by atoms with E-state index in [0.717, 1.165) is 55.6 Å². The molecular formula is C32H37F3N2O4. The fourth-order valence-electron chi connectivity index (χ4n) is 8.59. The number of nitrogens with zero attached hydrogens (tertiary/aromatic N) is 2. The zero-order valence-corrected chi connectivity index (χ0v) is 23.3. The third-order valence-electron chi connectivity index (χ3n) is 10.5. The van der Waals surface area contributed by atoms with Gasteiger partial charge in [-0.25, -0.2) is 0 Å². The second kappa shape index (κ2) is 10.1. The van der Waals surface area contributed by atoms with Crippen LogP contribution < -0.4 is 4.74 Å². The third-order valence-corrected chi connectivity index (χ3v) is 10.5. The maximum atomic E-state index is 13.5. The Hall–Kier alpha value is -2.88. The van der Waals surface area contributed by atoms with Crippen molar-refractivity contribution in [3.05, 3.63) is 76.9 Å². The van der Waals surface area contributed by atoms with Crippen LogP contribution in [0, 0.1) is 5.41 Å². The first kappa shape index (κ1) is 28.2. The Morgan fingerprint density at radius 3 is 2.61 bits per heavy atom. The third kappa shape index (κ3) is 4.07. The lowest BCUT2D eigenvalue weighted by molar-refractivity contribution is -0.169. The molecule has 2 fully saturated rings. The van der Waals surface area contributed by atoms with Crippen molar-refractivity contribution < 1.29 is 32.9 Å². The first-order chi connectivity index (χ1) is 19.6. The molecule has 9 heteroatoms. The van der Waals surface area contributed by atoms with Gasteiger partial charge >= 0.3 is 6.18 Å². The van der Waals surface area contributed by atoms with Crippen molar-refractivity contribution in [3.8, 4) is 5.75 Å². The highest BCUT2D eigenvalue weighted by atomic mass is 19.4. The summed E-state index contributed by atoms with van der Waals surface area (Å²) in [4.78, 5) is 17.7. The molecule has 2 N–H and O–H groups in total. The van der Waals surface area contributed by atoms with Gasteiger partial charge in [-0.05, 0) is 61.9 Å². The number of rotatable bonds is 8. The summed E-state index contributed by atoms with van der Waals surface area (Å²) in [6.45, 7) is 5.36. The molecule has 1 spiro atoms. The van der Waals surface area contributed by atoms with Gasteiger partial charge in [0.05, 0.1) is 24.8 Å². The number of carbonyl (C=O) groups is 1. The summed E-state index contributed by atoms with van der Waals surface area (Å²) in [5, 5.41) is 21.4. The van der Waals surface area contributed by atoms with E-state index < -0.39 is 22.6 Å². The van der Waals surface area contributed by atoms with Crippen LogP contribution in [0.4, 0.5) is 13.2 Å². The van der Waals surface area contributed by atoms with Gasteiger partial charge in [-0.3, -0.25) is 9.69 Å². The Bertz CT molecular complexity index is 1350. The number of aliphatic hydroxyl groups excluding tert-OH is 2. The molecular weight excluding hydrogens is 533 g/mol. The van der Waals surface area contributed by atoms with Gasteiger partial charge in [0.2, 0.25) is 5.91 Å². The number of alkyl halides is 3. The van der Waals surface area contributed by atoms with Crippen LogP contribution in [0.2, 0.25) is 0 Å². The van der Waals surface area contributed by atoms with Crippen molar-refractivity contribution in [3.63, 3.8) is 0 Å². The fourth-order valence-corrected chi connectivity index (χ4v) is 8.59. The molecule has 2 aliphatic heterocycles. The Morgan fingerprint density at radius 1 is 1.20 bits per heavy atom. The minimum atomic E-state index is -4.40. The van der Waals surface area contributed by atoms with Crippen LogP contribution in [-0.2, 0) is 35.8 Å². The van der Waals surface area contributed by atoms with E-state index in [4.69, 9.17) is 4.74 Å². The Balaban J connectivity index is 1.31. The molecule has 0 aromatic heterocycles. The smallest absolute Gasteiger partial charge is 0.416 e. The zero-order chi connectivity index (χ0) is 29.2. The molecule has 5 atom stereocenters. The molecule has 1 saturated heterocycles. The maximum Gasteiger partial charge on any atom is 0.416 e. The minimum absolute atomic E-state index is 0.00566. The van der Waals surface area contributed by atoms with Crippen LogP contribution in [0.25, 0.3) is 0 Å². The van der Waals surface area contributed by atoms with E-state index in [2.05, 4.69) is 17.5 Å². The minimum Gasteiger partial charge on any atom is -0.487 e. The highest BCUT2D eigenvalue weighted by Gasteiger charge is 2.73. The molecule has 2 bridgehead atoms. The average molecular weight is 571 g/mol. The van der Waals surface area contributed by atoms with Crippen molar-refractivity contribution in [2.75, 3.05) is 26.7 Å². The van der Waals surface area contributed by atoms with E-state index in [1.165, 1.54) is 17.7 Å². The number of piperidine rings is 1. The van der Waals surface area contributed by atoms with E-state index in [9.17, 15) is 28.2 Å². The molecule has 2 aromatic carbocycles. The number of likely N-dealkylation sites (tertiary alicyclic amines) is 1. The predicted octanol–water partition coefficient (Wildman–Crippen LogP) is 4.25. The van der Waals surface area contributed by atoms with E-state index >= 15 is 0 Å². The Kier molecular flexibility index (Phi) is 6.98. The zero-order valence-electron chi connectivity index (χ0n) is 23.3. The lowest BCUT2D eigenvalue weighted by Crippen LogP contribution is -2.75. The van der Waals surface area contributed by atoms with E-state index in [-0.39, 0.29) is 43.7 Å². The van der Waals surface area contributed by atoms with E-state index in [1.807, 2.05) is 12.1 Å². The first-order valence-corrected chi connectivity index (χ1v) is 14.4. The summed E-state index contributed by atoms with van der Waals surface area (Å²) in [6, 6.07) is 8.84. The first-order valence-electron chi connectivity index (χ1n) is 14.4. The molecule has 6 nitrogen and oxygen atoms in total. The number of hydrogen-bond donors (Lipinski definition) is 2. The van der Waals surface area contributed by atoms with Gasteiger partial charge in [-0.1, -0.05) is 30.3 Å². The maximum absolute atomic E-state index is 13.5. The van der Waals surface area contributed by atoms with Crippen LogP contribution in [0.1, 0.15) is 53.5 Å². The summed E-state index contributed by atoms with van der Waals surface area (Å²) in [6.07, 6.45) is 0.579. The number of likely N-dealkylation sites (N-methyl/N-ethyl adjacent to an activating group) is 1. The largest absolute Gasteiger partial charge is 0.487 e. The molecule has 2 aromatic rings. The number of ether oxygens (including phenoxy) is 1. The quantitative estimate of drug-likeness (QED) is 0.465. The van der Waals surface area contributed by atoms with Gasteiger partial charge in [-0.15, -0.1) is 6.58 Å². The number of aliphatic hydroxyl groups is 2. The highest BCUT2D eigenvalue weighted by molar-refractivity contribution is 5.77. The predicted molar refractivity (Wildman–Crippen MR) is 147 cm³/mol. The van der Waals surface area contributed by atoms with Crippen LogP contribution >= 0.6 is 0 Å². The lowest BCUT2D eigenvalue weighted by atomic mass is 9.43. The van der Waals surface area contributed by atoms with Crippen LogP contribution in [0.5, 0.6) is 5.75 Å². The average Bonchev–Trinajstić information content (AvgIpc) is 3.31. The molecule has 6 rings (SSSR count). The number of hydrogen-bond acceptors (Lipinski definition) is 5. The summed E-state index contributed by atoms with van der Waals surface area (Å²) >= 11 is 0. The van der Waals surface area contributed by atoms with Crippen LogP contribution in [0.15, 0.2) is 49.1 Å². The van der Waals surface area contributed by atoms with E-state index in [1.54, 1.807) is 11.9 Å². The van der Waals surface area contributed by atoms with Gasteiger partial charge in [0.1, 0.15) is 11.9 Å². The molecule has 4 aliphatic rings. The summed E-state index contributed by atoms with van der Waals surface area (Å²) < 4.78 is 45.6. The molecule has 0 radical (unpaired) electrons. The summed E-state index contributed by atoms with van der Waals surface area (Å²) in [7, 11) is 1.79. The number of benzene rings is 2. The number of carbonyl (C=O) groups excluding carboxylic acids is 1. The molecule has 2 unspecified atom stereocenters. The van der Waals surface area contributed by atoms with Crippen LogP contribution in [0.3, 0.4) is 0 Å².